The summed E-state index contributed by atoms with van der Waals surface area (Å²) in [6.45, 7) is 0. The quantitative estimate of drug-likeness (QED) is 0.358. The van der Waals surface area contributed by atoms with Gasteiger partial charge in [-0.2, -0.15) is 0 Å². The molecule has 0 aromatic carbocycles. The van der Waals surface area contributed by atoms with Crippen LogP contribution in [0.4, 0.5) is 0 Å². The van der Waals surface area contributed by atoms with E-state index in [1.54, 1.807) is 0 Å². The van der Waals surface area contributed by atoms with Crippen molar-refractivity contribution in [3.05, 3.63) is 0 Å². The second kappa shape index (κ2) is 55.0. The smallest absolute Gasteiger partial charge is 1.00 e. The maximum absolute atomic E-state index is 0. The fraction of sp³-hybridized carbons (Fsp3) is 0. The third-order valence-electron chi connectivity index (χ3n) is 0. The van der Waals surface area contributed by atoms with Gasteiger partial charge in [0.25, 0.3) is 0 Å². The van der Waals surface area contributed by atoms with Crippen molar-refractivity contribution >= 4 is 104 Å². The molecule has 0 heterocycles. The van der Waals surface area contributed by atoms with E-state index in [-0.39, 0.29) is 129 Å². The molecule has 0 rings (SSSR count). The number of hydrogen-bond acceptors (Lipinski definition) is 0. The zero-order chi connectivity index (χ0) is 0. The Kier molecular flexibility index (Phi) is 596. The van der Waals surface area contributed by atoms with Crippen molar-refractivity contribution in [3.63, 3.8) is 0 Å². The number of hydrogen-bond donors (Lipinski definition) is 0. The summed E-state index contributed by atoms with van der Waals surface area (Å²) < 4.78 is 0. The molecule has 0 saturated heterocycles. The second-order valence-electron chi connectivity index (χ2n) is 0. The van der Waals surface area contributed by atoms with Crippen LogP contribution in [-0.4, -0.2) is 66.8 Å². The van der Waals surface area contributed by atoms with Crippen LogP contribution < -0.4 is 24.8 Å². The van der Waals surface area contributed by atoms with Crippen LogP contribution in [0.25, 0.3) is 0 Å². The Morgan fingerprint density at radius 1 is 0.571 bits per heavy atom. The molecule has 48 valence electrons. The second-order valence-corrected chi connectivity index (χ2v) is 0. The molecule has 0 radical (unpaired) electrons. The first kappa shape index (κ1) is 75.8. The topological polar surface area (TPSA) is 0 Å². The molecule has 0 spiro atoms. The van der Waals surface area contributed by atoms with E-state index in [0.717, 1.165) is 0 Å². The summed E-state index contributed by atoms with van der Waals surface area (Å²) >= 11 is 0. The molecule has 7 heteroatoms. The van der Waals surface area contributed by atoms with Gasteiger partial charge in [-0.3, -0.25) is 0 Å². The predicted octanol–water partition coefficient (Wildman–Crippen LogP) is -6.29. The Morgan fingerprint density at radius 2 is 0.571 bits per heavy atom. The molecule has 1 unspecified atom stereocenters. The van der Waals surface area contributed by atoms with Crippen LogP contribution in [0.5, 0.6) is 0 Å². The molecule has 0 saturated carbocycles. The minimum Gasteiger partial charge on any atom is -1.00 e. The fourth-order valence-corrected chi connectivity index (χ4v) is 0. The van der Waals surface area contributed by atoms with Gasteiger partial charge in [-0.15, -0.1) is 37.2 Å². The first-order valence-corrected chi connectivity index (χ1v) is 0. The zero-order valence-electron chi connectivity index (χ0n) is 3.39. The SMILES string of the molecule is Cl.Cl.Cl.[AsH3].[Ba+2].[Cl-].[Cl-]. The summed E-state index contributed by atoms with van der Waals surface area (Å²) in [5.74, 6) is 0. The Morgan fingerprint density at radius 3 is 0.571 bits per heavy atom. The van der Waals surface area contributed by atoms with Gasteiger partial charge in [-0.1, -0.05) is 0 Å². The molecule has 0 aliphatic heterocycles. The molecular weight excluding hydrogens is 390 g/mol. The van der Waals surface area contributed by atoms with Crippen molar-refractivity contribution in [2.45, 2.75) is 0 Å². The van der Waals surface area contributed by atoms with Gasteiger partial charge < -0.3 is 24.8 Å². The van der Waals surface area contributed by atoms with Crippen molar-refractivity contribution in [3.8, 4) is 0 Å². The van der Waals surface area contributed by atoms with Crippen molar-refractivity contribution in [1.29, 1.82) is 0 Å². The molecule has 0 bridgehead atoms. The van der Waals surface area contributed by atoms with E-state index >= 15 is 0 Å². The van der Waals surface area contributed by atoms with Gasteiger partial charge in [0.15, 0.2) is 0 Å². The van der Waals surface area contributed by atoms with E-state index in [1.807, 2.05) is 0 Å². The fourth-order valence-electron chi connectivity index (χ4n) is 0. The summed E-state index contributed by atoms with van der Waals surface area (Å²) in [5.41, 5.74) is 0. The molecular formula is H6AsBaCl5. The van der Waals surface area contributed by atoms with Gasteiger partial charge in [0.05, 0.1) is 0 Å². The van der Waals surface area contributed by atoms with E-state index in [1.165, 1.54) is 0 Å². The predicted molar refractivity (Wildman–Crippen MR) is 37.4 cm³/mol. The molecule has 0 N–H and O–H groups in total. The summed E-state index contributed by atoms with van der Waals surface area (Å²) in [6, 6.07) is 0. The molecule has 1 atom stereocenters. The largest absolute Gasteiger partial charge is 2.00 e. The monoisotopic (exact) mass is 394 g/mol. The van der Waals surface area contributed by atoms with Crippen LogP contribution in [0.15, 0.2) is 0 Å². The standard InChI is InChI=1S/AsH3.Ba.5ClH/h1H3;;5*1H/q;+2;;;;;/p-2. The Hall–Kier alpha value is 3.58. The summed E-state index contributed by atoms with van der Waals surface area (Å²) in [7, 11) is 0. The minimum absolute atomic E-state index is 0. The van der Waals surface area contributed by atoms with Crippen LogP contribution in [0.3, 0.4) is 0 Å². The van der Waals surface area contributed by atoms with E-state index in [9.17, 15) is 0 Å². The van der Waals surface area contributed by atoms with Crippen molar-refractivity contribution in [2.75, 3.05) is 0 Å². The average Bonchev–Trinajstić information content (AvgIpc) is 0. The van der Waals surface area contributed by atoms with Crippen LogP contribution >= 0.6 is 37.2 Å². The first-order valence-electron chi connectivity index (χ1n) is 0. The molecule has 0 aromatic rings. The maximum atomic E-state index is 0. The zero-order valence-corrected chi connectivity index (χ0v) is 14.8. The van der Waals surface area contributed by atoms with Gasteiger partial charge in [-0.25, -0.2) is 0 Å². The van der Waals surface area contributed by atoms with E-state index < -0.39 is 0 Å². The molecule has 0 aliphatic rings. The van der Waals surface area contributed by atoms with Crippen LogP contribution in [-0.2, 0) is 0 Å². The maximum Gasteiger partial charge on any atom is 2.00 e. The van der Waals surface area contributed by atoms with Gasteiger partial charge >= 0.3 is 66.8 Å². The van der Waals surface area contributed by atoms with Gasteiger partial charge in [0, 0.05) is 0 Å². The van der Waals surface area contributed by atoms with E-state index in [0.29, 0.717) is 0 Å². The third kappa shape index (κ3) is 42.9. The van der Waals surface area contributed by atoms with Crippen LogP contribution in [0, 0.1) is 0 Å². The Labute approximate surface area is 126 Å². The van der Waals surface area contributed by atoms with Crippen LogP contribution in [0.1, 0.15) is 0 Å². The van der Waals surface area contributed by atoms with Gasteiger partial charge in [0.1, 0.15) is 0 Å². The Balaban J connectivity index is 0. The number of rotatable bonds is 0. The van der Waals surface area contributed by atoms with Crippen LogP contribution in [0.2, 0.25) is 0 Å². The van der Waals surface area contributed by atoms with Crippen molar-refractivity contribution < 1.29 is 24.8 Å². The average molecular weight is 396 g/mol. The first-order chi connectivity index (χ1) is 0. The molecule has 0 amide bonds. The number of halogens is 5. The minimum atomic E-state index is 0. The normalized spacial score (nSPS) is 0. The Bertz CT molecular complexity index is 8.04. The summed E-state index contributed by atoms with van der Waals surface area (Å²) in [5, 5.41) is 0. The molecule has 0 nitrogen and oxygen atoms in total. The summed E-state index contributed by atoms with van der Waals surface area (Å²) in [6.07, 6.45) is 0. The van der Waals surface area contributed by atoms with Gasteiger partial charge in [-0.05, 0) is 0 Å². The van der Waals surface area contributed by atoms with E-state index in [4.69, 9.17) is 0 Å². The van der Waals surface area contributed by atoms with E-state index in [2.05, 4.69) is 0 Å². The summed E-state index contributed by atoms with van der Waals surface area (Å²) in [4.78, 5) is 0. The molecule has 0 fully saturated rings. The van der Waals surface area contributed by atoms with Crippen molar-refractivity contribution in [1.82, 2.24) is 0 Å². The van der Waals surface area contributed by atoms with Gasteiger partial charge in [0.2, 0.25) is 0 Å². The third-order valence-corrected chi connectivity index (χ3v) is 0. The molecule has 7 heavy (non-hydrogen) atoms. The molecule has 0 aromatic heterocycles. The molecule has 0 aliphatic carbocycles. The van der Waals surface area contributed by atoms with Crippen molar-refractivity contribution in [2.24, 2.45) is 0 Å².